The summed E-state index contributed by atoms with van der Waals surface area (Å²) in [4.78, 5) is 27.9. The summed E-state index contributed by atoms with van der Waals surface area (Å²) in [5.74, 6) is 0.296. The molecule has 1 aromatic carbocycles. The molecular formula is C19H24N4O2. The Balaban J connectivity index is 1.86. The number of nitrogens with zero attached hydrogens (tertiary/aromatic N) is 1. The van der Waals surface area contributed by atoms with E-state index < -0.39 is 0 Å². The highest BCUT2D eigenvalue weighted by Gasteiger charge is 2.10. The third-order valence-corrected chi connectivity index (χ3v) is 3.55. The highest BCUT2D eigenvalue weighted by molar-refractivity contribution is 5.92. The number of aromatic nitrogens is 1. The van der Waals surface area contributed by atoms with Gasteiger partial charge in [0, 0.05) is 30.2 Å². The van der Waals surface area contributed by atoms with Crippen molar-refractivity contribution in [2.24, 2.45) is 5.92 Å². The largest absolute Gasteiger partial charge is 0.331 e. The number of carbonyl (C=O) groups excluding carboxylic acids is 2. The molecule has 3 N–H and O–H groups in total. The summed E-state index contributed by atoms with van der Waals surface area (Å²) in [7, 11) is 0. The number of rotatable bonds is 6. The molecule has 6 heteroatoms. The fourth-order valence-corrected chi connectivity index (χ4v) is 2.30. The van der Waals surface area contributed by atoms with Crippen LogP contribution in [0.5, 0.6) is 0 Å². The van der Waals surface area contributed by atoms with Crippen LogP contribution in [0.4, 0.5) is 16.2 Å². The van der Waals surface area contributed by atoms with Crippen molar-refractivity contribution in [3.63, 3.8) is 0 Å². The van der Waals surface area contributed by atoms with E-state index in [1.54, 1.807) is 36.7 Å². The molecule has 0 spiro atoms. The van der Waals surface area contributed by atoms with Crippen molar-refractivity contribution in [2.45, 2.75) is 33.2 Å². The van der Waals surface area contributed by atoms with E-state index in [4.69, 9.17) is 0 Å². The zero-order chi connectivity index (χ0) is 18.2. The van der Waals surface area contributed by atoms with Gasteiger partial charge in [0.05, 0.1) is 6.04 Å². The standard InChI is InChI=1S/C19H24N4O2/c1-13(2)11-18(24)22-16-6-8-17(9-7-16)23-19(25)21-14(3)15-5-4-10-20-12-15/h4-10,12-14H,11H2,1-3H3,(H,22,24)(H2,21,23,25)/t14-/m1/s1. The number of benzene rings is 1. The quantitative estimate of drug-likeness (QED) is 0.744. The van der Waals surface area contributed by atoms with E-state index in [1.165, 1.54) is 0 Å². The van der Waals surface area contributed by atoms with Crippen LogP contribution >= 0.6 is 0 Å². The van der Waals surface area contributed by atoms with Crippen LogP contribution in [0.15, 0.2) is 48.8 Å². The topological polar surface area (TPSA) is 83.1 Å². The monoisotopic (exact) mass is 340 g/mol. The summed E-state index contributed by atoms with van der Waals surface area (Å²) in [5, 5.41) is 8.46. The van der Waals surface area contributed by atoms with Gasteiger partial charge in [-0.05, 0) is 48.7 Å². The van der Waals surface area contributed by atoms with Gasteiger partial charge in [0.15, 0.2) is 0 Å². The average Bonchev–Trinajstić information content (AvgIpc) is 2.56. The molecule has 0 bridgehead atoms. The first-order chi connectivity index (χ1) is 11.9. The van der Waals surface area contributed by atoms with Gasteiger partial charge in [-0.15, -0.1) is 0 Å². The maximum Gasteiger partial charge on any atom is 0.319 e. The average molecular weight is 340 g/mol. The Kier molecular flexibility index (Phi) is 6.51. The van der Waals surface area contributed by atoms with Gasteiger partial charge in [-0.3, -0.25) is 9.78 Å². The van der Waals surface area contributed by atoms with E-state index in [0.717, 1.165) is 5.56 Å². The Morgan fingerprint density at radius 3 is 2.20 bits per heavy atom. The fraction of sp³-hybridized carbons (Fsp3) is 0.316. The first-order valence-corrected chi connectivity index (χ1v) is 8.31. The summed E-state index contributed by atoms with van der Waals surface area (Å²) in [6.45, 7) is 5.89. The number of urea groups is 1. The van der Waals surface area contributed by atoms with Crippen LogP contribution < -0.4 is 16.0 Å². The van der Waals surface area contributed by atoms with Crippen molar-refractivity contribution in [2.75, 3.05) is 10.6 Å². The number of carbonyl (C=O) groups is 2. The molecule has 1 heterocycles. The van der Waals surface area contributed by atoms with E-state index in [2.05, 4.69) is 20.9 Å². The lowest BCUT2D eigenvalue weighted by Crippen LogP contribution is -2.31. The van der Waals surface area contributed by atoms with E-state index >= 15 is 0 Å². The van der Waals surface area contributed by atoms with Crippen molar-refractivity contribution in [1.82, 2.24) is 10.3 Å². The molecule has 0 aliphatic carbocycles. The molecule has 2 aromatic rings. The second kappa shape index (κ2) is 8.82. The molecule has 6 nitrogen and oxygen atoms in total. The molecule has 3 amide bonds. The Morgan fingerprint density at radius 1 is 1.00 bits per heavy atom. The van der Waals surface area contributed by atoms with Crippen LogP contribution in [0.3, 0.4) is 0 Å². The zero-order valence-electron chi connectivity index (χ0n) is 14.7. The number of pyridine rings is 1. The molecule has 0 radical (unpaired) electrons. The third-order valence-electron chi connectivity index (χ3n) is 3.55. The molecule has 1 atom stereocenters. The minimum atomic E-state index is -0.298. The van der Waals surface area contributed by atoms with Crippen LogP contribution in [0.25, 0.3) is 0 Å². The number of hydrogen-bond acceptors (Lipinski definition) is 3. The summed E-state index contributed by atoms with van der Waals surface area (Å²) in [5.41, 5.74) is 2.29. The van der Waals surface area contributed by atoms with Gasteiger partial charge in [0.1, 0.15) is 0 Å². The van der Waals surface area contributed by atoms with Crippen molar-refractivity contribution in [3.8, 4) is 0 Å². The Bertz CT molecular complexity index is 699. The van der Waals surface area contributed by atoms with Crippen molar-refractivity contribution >= 4 is 23.3 Å². The number of anilines is 2. The zero-order valence-corrected chi connectivity index (χ0v) is 14.7. The molecule has 0 unspecified atom stereocenters. The lowest BCUT2D eigenvalue weighted by molar-refractivity contribution is -0.116. The maximum atomic E-state index is 12.1. The molecule has 2 rings (SSSR count). The van der Waals surface area contributed by atoms with Gasteiger partial charge in [-0.2, -0.15) is 0 Å². The first-order valence-electron chi connectivity index (χ1n) is 8.31. The van der Waals surface area contributed by atoms with Crippen LogP contribution in [0.2, 0.25) is 0 Å². The molecule has 0 aliphatic heterocycles. The van der Waals surface area contributed by atoms with Gasteiger partial charge >= 0.3 is 6.03 Å². The van der Waals surface area contributed by atoms with Gasteiger partial charge in [0.25, 0.3) is 0 Å². The smallest absolute Gasteiger partial charge is 0.319 e. The molecule has 0 saturated carbocycles. The minimum absolute atomic E-state index is 0.0150. The number of nitrogens with one attached hydrogen (secondary N) is 3. The van der Waals surface area contributed by atoms with E-state index in [1.807, 2.05) is 32.9 Å². The fourth-order valence-electron chi connectivity index (χ4n) is 2.30. The van der Waals surface area contributed by atoms with Gasteiger partial charge in [-0.1, -0.05) is 19.9 Å². The molecule has 25 heavy (non-hydrogen) atoms. The second-order valence-electron chi connectivity index (χ2n) is 6.33. The predicted octanol–water partition coefficient (Wildman–Crippen LogP) is 3.95. The first kappa shape index (κ1) is 18.4. The highest BCUT2D eigenvalue weighted by Crippen LogP contribution is 2.15. The maximum absolute atomic E-state index is 12.1. The molecular weight excluding hydrogens is 316 g/mol. The Hall–Kier alpha value is -2.89. The Morgan fingerprint density at radius 2 is 1.64 bits per heavy atom. The van der Waals surface area contributed by atoms with Crippen LogP contribution in [0.1, 0.15) is 38.8 Å². The van der Waals surface area contributed by atoms with E-state index in [-0.39, 0.29) is 18.0 Å². The van der Waals surface area contributed by atoms with Crippen LogP contribution in [-0.4, -0.2) is 16.9 Å². The van der Waals surface area contributed by atoms with Crippen LogP contribution in [-0.2, 0) is 4.79 Å². The summed E-state index contributed by atoms with van der Waals surface area (Å²) in [6.07, 6.45) is 3.89. The van der Waals surface area contributed by atoms with Gasteiger partial charge in [0.2, 0.25) is 5.91 Å². The lowest BCUT2D eigenvalue weighted by Gasteiger charge is -2.15. The van der Waals surface area contributed by atoms with Crippen molar-refractivity contribution in [1.29, 1.82) is 0 Å². The summed E-state index contributed by atoms with van der Waals surface area (Å²) in [6, 6.07) is 10.3. The SMILES string of the molecule is CC(C)CC(=O)Nc1ccc(NC(=O)N[C@H](C)c2cccnc2)cc1. The van der Waals surface area contributed by atoms with Crippen molar-refractivity contribution in [3.05, 3.63) is 54.4 Å². The minimum Gasteiger partial charge on any atom is -0.331 e. The third kappa shape index (κ3) is 6.25. The molecule has 0 aliphatic rings. The molecule has 1 aromatic heterocycles. The lowest BCUT2D eigenvalue weighted by atomic mass is 10.1. The second-order valence-corrected chi connectivity index (χ2v) is 6.33. The van der Waals surface area contributed by atoms with Gasteiger partial charge < -0.3 is 16.0 Å². The van der Waals surface area contributed by atoms with Crippen LogP contribution in [0, 0.1) is 5.92 Å². The summed E-state index contributed by atoms with van der Waals surface area (Å²) < 4.78 is 0. The Labute approximate surface area is 148 Å². The summed E-state index contributed by atoms with van der Waals surface area (Å²) >= 11 is 0. The van der Waals surface area contributed by atoms with E-state index in [0.29, 0.717) is 23.7 Å². The van der Waals surface area contributed by atoms with Gasteiger partial charge in [-0.25, -0.2) is 4.79 Å². The molecule has 0 fully saturated rings. The van der Waals surface area contributed by atoms with Crippen molar-refractivity contribution < 1.29 is 9.59 Å². The molecule has 0 saturated heterocycles. The highest BCUT2D eigenvalue weighted by atomic mass is 16.2. The van der Waals surface area contributed by atoms with E-state index in [9.17, 15) is 9.59 Å². The number of amides is 3. The normalized spacial score (nSPS) is 11.7. The predicted molar refractivity (Wildman–Crippen MR) is 99.3 cm³/mol. The number of hydrogen-bond donors (Lipinski definition) is 3. The molecule has 132 valence electrons.